The maximum absolute atomic E-state index is 5.84. The normalized spacial score (nSPS) is 8.43. The molecule has 0 unspecified atom stereocenters. The lowest BCUT2D eigenvalue weighted by Gasteiger charge is -2.03. The van der Waals surface area contributed by atoms with Gasteiger partial charge in [0.05, 0.1) is 0 Å². The summed E-state index contributed by atoms with van der Waals surface area (Å²) in [4.78, 5) is 0. The summed E-state index contributed by atoms with van der Waals surface area (Å²) >= 11 is 0. The zero-order valence-corrected chi connectivity index (χ0v) is 25.6. The van der Waals surface area contributed by atoms with Gasteiger partial charge in [-0.15, -0.1) is 0 Å². The summed E-state index contributed by atoms with van der Waals surface area (Å²) in [6, 6.07) is 27.0. The second-order valence-electron chi connectivity index (χ2n) is 7.43. The van der Waals surface area contributed by atoms with Crippen molar-refractivity contribution in [1.29, 1.82) is 0 Å². The Morgan fingerprint density at radius 1 is 0.459 bits per heavy atom. The van der Waals surface area contributed by atoms with Crippen LogP contribution in [0.25, 0.3) is 10.8 Å². The van der Waals surface area contributed by atoms with Crippen LogP contribution in [0.2, 0.25) is 0 Å². The second kappa shape index (κ2) is 22.0. The van der Waals surface area contributed by atoms with Gasteiger partial charge in [-0.25, -0.2) is 0 Å². The van der Waals surface area contributed by atoms with Gasteiger partial charge in [0, 0.05) is 11.1 Å². The van der Waals surface area contributed by atoms with E-state index in [-0.39, 0.29) is 0 Å². The number of hydrogen-bond acceptors (Lipinski definition) is 0. The largest absolute Gasteiger partial charge is 0.114 e. The standard InChI is InChI=1S/C16H13B.C12H12.4C2H6/c1-12-3-6-14(7-4-12)9-10-15-8-5-13(2)16(17)11-15;1-9-7-8-10(2)12-6-4-3-5-11(9)12;4*1-2/h3-8,11H,1-2H3;3-8H,1-2H3;4*1-2H3. The molecule has 196 valence electrons. The highest BCUT2D eigenvalue weighted by Crippen LogP contribution is 2.21. The molecule has 4 aromatic rings. The maximum atomic E-state index is 5.84. The van der Waals surface area contributed by atoms with E-state index in [9.17, 15) is 0 Å². The summed E-state index contributed by atoms with van der Waals surface area (Å²) in [5, 5.41) is 2.75. The first-order valence-electron chi connectivity index (χ1n) is 13.8. The van der Waals surface area contributed by atoms with Crippen LogP contribution in [0.3, 0.4) is 0 Å². The lowest BCUT2D eigenvalue weighted by atomic mass is 9.90. The molecule has 0 nitrogen and oxygen atoms in total. The minimum absolute atomic E-state index is 0.792. The smallest absolute Gasteiger partial charge is 0.0926 e. The first-order chi connectivity index (χ1) is 17.9. The summed E-state index contributed by atoms with van der Waals surface area (Å²) in [7, 11) is 5.84. The van der Waals surface area contributed by atoms with E-state index in [2.05, 4.69) is 81.1 Å². The quantitative estimate of drug-likeness (QED) is 0.169. The third kappa shape index (κ3) is 13.0. The van der Waals surface area contributed by atoms with E-state index in [1.165, 1.54) is 27.5 Å². The number of aryl methyl sites for hydroxylation is 4. The Bertz CT molecular complexity index is 1150. The molecule has 0 heterocycles. The van der Waals surface area contributed by atoms with Crippen LogP contribution in [0.5, 0.6) is 0 Å². The zero-order valence-electron chi connectivity index (χ0n) is 25.6. The molecule has 0 atom stereocenters. The molecule has 0 saturated carbocycles. The molecule has 0 bridgehead atoms. The predicted octanol–water partition coefficient (Wildman–Crippen LogP) is 10.1. The Labute approximate surface area is 231 Å². The SMILES string of the molecule is CC.CC.CC.CC.Cc1ccc(C)c2ccccc12.[B]c1cc(C#Cc2ccc(C)cc2)ccc1C. The number of benzene rings is 4. The molecule has 0 aliphatic carbocycles. The zero-order chi connectivity index (χ0) is 28.8. The molecule has 4 rings (SSSR count). The molecular weight excluding hydrogens is 443 g/mol. The van der Waals surface area contributed by atoms with Gasteiger partial charge in [0.25, 0.3) is 0 Å². The van der Waals surface area contributed by atoms with Crippen molar-refractivity contribution in [2.75, 3.05) is 0 Å². The van der Waals surface area contributed by atoms with Gasteiger partial charge >= 0.3 is 0 Å². The van der Waals surface area contributed by atoms with E-state index < -0.39 is 0 Å². The molecule has 0 saturated heterocycles. The average Bonchev–Trinajstić information content (AvgIpc) is 2.97. The Balaban J connectivity index is 0. The molecule has 4 aromatic carbocycles. The van der Waals surface area contributed by atoms with Crippen molar-refractivity contribution in [2.45, 2.75) is 83.1 Å². The van der Waals surface area contributed by atoms with E-state index in [0.29, 0.717) is 0 Å². The Morgan fingerprint density at radius 3 is 1.27 bits per heavy atom. The van der Waals surface area contributed by atoms with Gasteiger partial charge in [-0.2, -0.15) is 0 Å². The highest BCUT2D eigenvalue weighted by molar-refractivity contribution is 6.33. The predicted molar refractivity (Wildman–Crippen MR) is 173 cm³/mol. The van der Waals surface area contributed by atoms with Gasteiger partial charge in [0.2, 0.25) is 0 Å². The molecule has 0 aliphatic rings. The highest BCUT2D eigenvalue weighted by Gasteiger charge is 1.97. The molecule has 0 aromatic heterocycles. The summed E-state index contributed by atoms with van der Waals surface area (Å²) in [5.41, 5.74) is 7.82. The van der Waals surface area contributed by atoms with Crippen molar-refractivity contribution in [2.24, 2.45) is 0 Å². The van der Waals surface area contributed by atoms with Gasteiger partial charge in [0.1, 0.15) is 7.85 Å². The highest BCUT2D eigenvalue weighted by atomic mass is 14.0. The summed E-state index contributed by atoms with van der Waals surface area (Å²) < 4.78 is 0. The minimum Gasteiger partial charge on any atom is -0.0926 e. The summed E-state index contributed by atoms with van der Waals surface area (Å²) in [5.74, 6) is 6.25. The van der Waals surface area contributed by atoms with Crippen LogP contribution < -0.4 is 5.46 Å². The molecule has 0 fully saturated rings. The molecule has 0 amide bonds. The summed E-state index contributed by atoms with van der Waals surface area (Å²) in [6.45, 7) is 24.4. The van der Waals surface area contributed by atoms with Crippen molar-refractivity contribution in [1.82, 2.24) is 0 Å². The van der Waals surface area contributed by atoms with E-state index in [0.717, 1.165) is 22.2 Å². The molecule has 2 radical (unpaired) electrons. The Hall–Kier alpha value is -3.24. The van der Waals surface area contributed by atoms with Crippen LogP contribution in [-0.4, -0.2) is 7.85 Å². The monoisotopic (exact) mass is 492 g/mol. The van der Waals surface area contributed by atoms with Crippen LogP contribution in [0.1, 0.15) is 88.8 Å². The lowest BCUT2D eigenvalue weighted by Crippen LogP contribution is -2.06. The van der Waals surface area contributed by atoms with Crippen LogP contribution in [0.4, 0.5) is 0 Å². The van der Waals surface area contributed by atoms with Gasteiger partial charge < -0.3 is 0 Å². The fraction of sp³-hybridized carbons (Fsp3) is 0.333. The Kier molecular flexibility index (Phi) is 21.4. The van der Waals surface area contributed by atoms with Crippen molar-refractivity contribution in [3.8, 4) is 11.8 Å². The fourth-order valence-corrected chi connectivity index (χ4v) is 3.10. The van der Waals surface area contributed by atoms with Crippen LogP contribution >= 0.6 is 0 Å². The van der Waals surface area contributed by atoms with Gasteiger partial charge in [-0.1, -0.05) is 144 Å². The number of hydrogen-bond donors (Lipinski definition) is 0. The van der Waals surface area contributed by atoms with E-state index in [4.69, 9.17) is 7.85 Å². The van der Waals surface area contributed by atoms with Crippen molar-refractivity contribution < 1.29 is 0 Å². The molecule has 0 aliphatic heterocycles. The van der Waals surface area contributed by atoms with Crippen molar-refractivity contribution in [3.05, 3.63) is 112 Å². The minimum atomic E-state index is 0.792. The third-order valence-electron chi connectivity index (χ3n) is 5.04. The average molecular weight is 493 g/mol. The number of fused-ring (bicyclic) bond motifs is 1. The first-order valence-corrected chi connectivity index (χ1v) is 13.8. The number of rotatable bonds is 0. The van der Waals surface area contributed by atoms with Crippen molar-refractivity contribution in [3.63, 3.8) is 0 Å². The van der Waals surface area contributed by atoms with E-state index >= 15 is 0 Å². The van der Waals surface area contributed by atoms with E-state index in [1.807, 2.05) is 92.6 Å². The van der Waals surface area contributed by atoms with Gasteiger partial charge in [0.15, 0.2) is 0 Å². The third-order valence-corrected chi connectivity index (χ3v) is 5.04. The van der Waals surface area contributed by atoms with Gasteiger partial charge in [-0.05, 0) is 67.8 Å². The van der Waals surface area contributed by atoms with Crippen LogP contribution in [0, 0.1) is 39.5 Å². The van der Waals surface area contributed by atoms with Crippen LogP contribution in [-0.2, 0) is 0 Å². The first kappa shape index (κ1) is 35.9. The molecule has 0 spiro atoms. The van der Waals surface area contributed by atoms with Crippen molar-refractivity contribution >= 4 is 24.1 Å². The molecule has 1 heteroatoms. The second-order valence-corrected chi connectivity index (χ2v) is 7.43. The van der Waals surface area contributed by atoms with Crippen LogP contribution in [0.15, 0.2) is 78.9 Å². The van der Waals surface area contributed by atoms with E-state index in [1.54, 1.807) is 0 Å². The van der Waals surface area contributed by atoms with Gasteiger partial charge in [-0.3, -0.25) is 0 Å². The lowest BCUT2D eigenvalue weighted by molar-refractivity contribution is 1.46. The molecule has 0 N–H and O–H groups in total. The maximum Gasteiger partial charge on any atom is 0.114 e. The summed E-state index contributed by atoms with van der Waals surface area (Å²) in [6.07, 6.45) is 0. The fourth-order valence-electron chi connectivity index (χ4n) is 3.10. The Morgan fingerprint density at radius 2 is 0.838 bits per heavy atom. The molecular formula is C36H49B. The topological polar surface area (TPSA) is 0 Å². The molecule has 37 heavy (non-hydrogen) atoms.